The van der Waals surface area contributed by atoms with Crippen molar-refractivity contribution in [2.45, 2.75) is 13.5 Å². The first-order valence-electron chi connectivity index (χ1n) is 7.67. The van der Waals surface area contributed by atoms with Gasteiger partial charge in [0.05, 0.1) is 21.7 Å². The summed E-state index contributed by atoms with van der Waals surface area (Å²) in [4.78, 5) is 39.1. The highest BCUT2D eigenvalue weighted by molar-refractivity contribution is 7.17. The van der Waals surface area contributed by atoms with Crippen LogP contribution in [0.5, 0.6) is 0 Å². The minimum absolute atomic E-state index is 0.119. The summed E-state index contributed by atoms with van der Waals surface area (Å²) in [5.41, 5.74) is 0.682. The van der Waals surface area contributed by atoms with Gasteiger partial charge >= 0.3 is 11.0 Å². The molecule has 0 unspecified atom stereocenters. The van der Waals surface area contributed by atoms with Crippen LogP contribution in [0.3, 0.4) is 0 Å². The van der Waals surface area contributed by atoms with Crippen molar-refractivity contribution in [2.24, 2.45) is 4.99 Å². The first-order valence-corrected chi connectivity index (χ1v) is 9.68. The quantitative estimate of drug-likeness (QED) is 0.352. The lowest BCUT2D eigenvalue weighted by Gasteiger charge is -2.05. The first kappa shape index (κ1) is 19.2. The zero-order valence-electron chi connectivity index (χ0n) is 13.9. The molecule has 3 rings (SSSR count). The first-order chi connectivity index (χ1) is 12.9. The SMILES string of the molecule is CCOC(=O)Cn1c(=NC(=O)c2ccc([N+](=O)[O-])s2)sc2cc(Cl)ccc21. The number of carbonyl (C=O) groups excluding carboxylic acids is 2. The molecule has 0 spiro atoms. The lowest BCUT2D eigenvalue weighted by atomic mass is 10.3. The van der Waals surface area contributed by atoms with Crippen LogP contribution < -0.4 is 4.80 Å². The van der Waals surface area contributed by atoms with E-state index in [1.165, 1.54) is 23.5 Å². The predicted octanol–water partition coefficient (Wildman–Crippen LogP) is 3.63. The molecule has 2 heterocycles. The second-order valence-electron chi connectivity index (χ2n) is 5.20. The van der Waals surface area contributed by atoms with Crippen molar-refractivity contribution in [1.82, 2.24) is 4.57 Å². The highest BCUT2D eigenvalue weighted by Gasteiger charge is 2.17. The molecule has 0 atom stereocenters. The highest BCUT2D eigenvalue weighted by atomic mass is 35.5. The van der Waals surface area contributed by atoms with Gasteiger partial charge < -0.3 is 9.30 Å². The zero-order valence-corrected chi connectivity index (χ0v) is 16.3. The summed E-state index contributed by atoms with van der Waals surface area (Å²) in [6.07, 6.45) is 0. The summed E-state index contributed by atoms with van der Waals surface area (Å²) in [5, 5.41) is 11.2. The standard InChI is InChI=1S/C16H12ClN3O5S2/c1-2-25-14(21)8-19-10-4-3-9(17)7-12(10)27-16(19)18-15(22)11-5-6-13(26-11)20(23)24/h3-7H,2,8H2,1H3. The fourth-order valence-corrected chi connectivity index (χ4v) is 4.31. The number of fused-ring (bicyclic) bond motifs is 1. The summed E-state index contributed by atoms with van der Waals surface area (Å²) in [7, 11) is 0. The van der Waals surface area contributed by atoms with E-state index in [9.17, 15) is 19.7 Å². The molecule has 27 heavy (non-hydrogen) atoms. The van der Waals surface area contributed by atoms with Gasteiger partial charge in [0.15, 0.2) is 4.80 Å². The van der Waals surface area contributed by atoms with Gasteiger partial charge in [0, 0.05) is 11.1 Å². The Bertz CT molecular complexity index is 1110. The van der Waals surface area contributed by atoms with Crippen molar-refractivity contribution in [3.63, 3.8) is 0 Å². The highest BCUT2D eigenvalue weighted by Crippen LogP contribution is 2.25. The van der Waals surface area contributed by atoms with Crippen LogP contribution in [0, 0.1) is 10.1 Å². The number of nitrogens with zero attached hydrogens (tertiary/aromatic N) is 3. The third kappa shape index (κ3) is 4.24. The summed E-state index contributed by atoms with van der Waals surface area (Å²) >= 11 is 7.95. The minimum Gasteiger partial charge on any atom is -0.465 e. The zero-order chi connectivity index (χ0) is 19.6. The Labute approximate surface area is 165 Å². The number of halogens is 1. The molecule has 140 valence electrons. The molecule has 0 bridgehead atoms. The number of aromatic nitrogens is 1. The molecule has 0 N–H and O–H groups in total. The molecule has 1 amide bonds. The average molecular weight is 426 g/mol. The molecule has 3 aromatic rings. The Kier molecular flexibility index (Phi) is 5.68. The lowest BCUT2D eigenvalue weighted by Crippen LogP contribution is -2.23. The van der Waals surface area contributed by atoms with Gasteiger partial charge in [-0.05, 0) is 31.2 Å². The van der Waals surface area contributed by atoms with Crippen LogP contribution in [0.25, 0.3) is 10.2 Å². The number of nitro groups is 1. The van der Waals surface area contributed by atoms with Crippen LogP contribution in [0.4, 0.5) is 5.00 Å². The Hall–Kier alpha value is -2.56. The van der Waals surface area contributed by atoms with Gasteiger partial charge in [-0.25, -0.2) is 0 Å². The van der Waals surface area contributed by atoms with E-state index in [2.05, 4.69) is 4.99 Å². The summed E-state index contributed by atoms with van der Waals surface area (Å²) < 4.78 is 7.29. The summed E-state index contributed by atoms with van der Waals surface area (Å²) in [5.74, 6) is -1.09. The Balaban J connectivity index is 2.07. The molecular weight excluding hydrogens is 414 g/mol. The van der Waals surface area contributed by atoms with Crippen molar-refractivity contribution in [3.8, 4) is 0 Å². The number of esters is 1. The van der Waals surface area contributed by atoms with Gasteiger partial charge in [-0.15, -0.1) is 0 Å². The van der Waals surface area contributed by atoms with E-state index in [0.29, 0.717) is 10.5 Å². The van der Waals surface area contributed by atoms with Gasteiger partial charge in [-0.1, -0.05) is 34.3 Å². The Morgan fingerprint density at radius 1 is 1.30 bits per heavy atom. The topological polar surface area (TPSA) is 104 Å². The smallest absolute Gasteiger partial charge is 0.326 e. The van der Waals surface area contributed by atoms with Crippen LogP contribution in [0.15, 0.2) is 35.3 Å². The minimum atomic E-state index is -0.622. The van der Waals surface area contributed by atoms with Gasteiger partial charge in [-0.3, -0.25) is 19.7 Å². The number of hydrogen-bond acceptors (Lipinski definition) is 7. The normalized spacial score (nSPS) is 11.7. The maximum Gasteiger partial charge on any atom is 0.326 e. The molecule has 11 heteroatoms. The van der Waals surface area contributed by atoms with E-state index in [4.69, 9.17) is 16.3 Å². The second kappa shape index (κ2) is 7.99. The maximum absolute atomic E-state index is 12.4. The number of carbonyl (C=O) groups is 2. The van der Waals surface area contributed by atoms with Gasteiger partial charge in [0.2, 0.25) is 0 Å². The van der Waals surface area contributed by atoms with Gasteiger partial charge in [-0.2, -0.15) is 4.99 Å². The molecule has 0 aliphatic rings. The molecule has 2 aromatic heterocycles. The van der Waals surface area contributed by atoms with E-state index in [1.54, 1.807) is 29.7 Å². The van der Waals surface area contributed by atoms with Crippen LogP contribution in [0.2, 0.25) is 5.02 Å². The van der Waals surface area contributed by atoms with Crippen molar-refractivity contribution >= 4 is 61.4 Å². The van der Waals surface area contributed by atoms with E-state index in [1.807, 2.05) is 0 Å². The van der Waals surface area contributed by atoms with E-state index in [0.717, 1.165) is 16.0 Å². The van der Waals surface area contributed by atoms with Crippen LogP contribution in [-0.4, -0.2) is 28.0 Å². The molecule has 0 aliphatic carbocycles. The largest absolute Gasteiger partial charge is 0.465 e. The Morgan fingerprint density at radius 2 is 2.07 bits per heavy atom. The maximum atomic E-state index is 12.4. The second-order valence-corrected chi connectivity index (χ2v) is 7.71. The lowest BCUT2D eigenvalue weighted by molar-refractivity contribution is -0.380. The van der Waals surface area contributed by atoms with Gasteiger partial charge in [0.25, 0.3) is 5.91 Å². The van der Waals surface area contributed by atoms with E-state index < -0.39 is 16.8 Å². The monoisotopic (exact) mass is 425 g/mol. The van der Waals surface area contributed by atoms with E-state index >= 15 is 0 Å². The van der Waals surface area contributed by atoms with Crippen molar-refractivity contribution in [3.05, 3.63) is 55.1 Å². The van der Waals surface area contributed by atoms with Crippen molar-refractivity contribution in [1.29, 1.82) is 0 Å². The molecule has 0 saturated carbocycles. The number of amides is 1. The van der Waals surface area contributed by atoms with Crippen molar-refractivity contribution < 1.29 is 19.2 Å². The molecule has 0 aliphatic heterocycles. The fraction of sp³-hybridized carbons (Fsp3) is 0.188. The number of hydrogen-bond donors (Lipinski definition) is 0. The Morgan fingerprint density at radius 3 is 2.74 bits per heavy atom. The van der Waals surface area contributed by atoms with Crippen LogP contribution >= 0.6 is 34.3 Å². The third-order valence-corrected chi connectivity index (χ3v) is 5.72. The number of benzene rings is 1. The molecule has 0 radical (unpaired) electrons. The summed E-state index contributed by atoms with van der Waals surface area (Å²) in [6.45, 7) is 1.82. The van der Waals surface area contributed by atoms with Crippen LogP contribution in [0.1, 0.15) is 16.6 Å². The van der Waals surface area contributed by atoms with E-state index in [-0.39, 0.29) is 27.8 Å². The van der Waals surface area contributed by atoms with Gasteiger partial charge in [0.1, 0.15) is 11.4 Å². The molecule has 0 fully saturated rings. The fourth-order valence-electron chi connectivity index (χ4n) is 2.30. The number of ether oxygens (including phenoxy) is 1. The number of thiophene rings is 1. The summed E-state index contributed by atoms with van der Waals surface area (Å²) in [6, 6.07) is 7.72. The van der Waals surface area contributed by atoms with Crippen LogP contribution in [-0.2, 0) is 16.1 Å². The molecule has 0 saturated heterocycles. The average Bonchev–Trinajstić information content (AvgIpc) is 3.21. The van der Waals surface area contributed by atoms with Crippen molar-refractivity contribution in [2.75, 3.05) is 6.61 Å². The third-order valence-electron chi connectivity index (χ3n) is 3.42. The number of rotatable bonds is 5. The predicted molar refractivity (Wildman–Crippen MR) is 102 cm³/mol. The molecule has 8 nitrogen and oxygen atoms in total. The molecule has 1 aromatic carbocycles. The number of thiazole rings is 1. The molecular formula is C16H12ClN3O5S2.